The molecule has 2 saturated heterocycles. The average molecular weight is 453 g/mol. The van der Waals surface area contributed by atoms with E-state index >= 15 is 0 Å². The van der Waals surface area contributed by atoms with E-state index in [0.717, 1.165) is 17.0 Å². The molecule has 2 aromatic carbocycles. The topological polar surface area (TPSA) is 86.8 Å². The van der Waals surface area contributed by atoms with Crippen LogP contribution in [0.4, 0.5) is 18.0 Å². The molecule has 164 valence electrons. The predicted molar refractivity (Wildman–Crippen MR) is 104 cm³/mol. The van der Waals surface area contributed by atoms with Crippen molar-refractivity contribution in [2.45, 2.75) is 23.5 Å². The molecule has 2 aromatic rings. The van der Waals surface area contributed by atoms with Crippen molar-refractivity contribution in [1.82, 2.24) is 14.5 Å². The third-order valence-corrected chi connectivity index (χ3v) is 7.26. The van der Waals surface area contributed by atoms with Gasteiger partial charge >= 0.3 is 12.2 Å². The normalized spacial score (nSPS) is 20.4. The van der Waals surface area contributed by atoms with E-state index in [2.05, 4.69) is 5.32 Å². The first-order valence-electron chi connectivity index (χ1n) is 9.45. The van der Waals surface area contributed by atoms with Crippen LogP contribution in [0.3, 0.4) is 0 Å². The van der Waals surface area contributed by atoms with E-state index in [0.29, 0.717) is 17.5 Å². The number of hydrogen-bond donors (Lipinski definition) is 1. The highest BCUT2D eigenvalue weighted by Gasteiger charge is 2.41. The van der Waals surface area contributed by atoms with Gasteiger partial charge in [-0.05, 0) is 41.8 Å². The Morgan fingerprint density at radius 1 is 1.00 bits per heavy atom. The Morgan fingerprint density at radius 2 is 1.71 bits per heavy atom. The van der Waals surface area contributed by atoms with Crippen LogP contribution < -0.4 is 5.32 Å². The van der Waals surface area contributed by atoms with Gasteiger partial charge in [0.05, 0.1) is 23.0 Å². The van der Waals surface area contributed by atoms with Gasteiger partial charge in [-0.25, -0.2) is 13.2 Å². The molecule has 0 aliphatic carbocycles. The zero-order chi connectivity index (χ0) is 22.4. The van der Waals surface area contributed by atoms with Crippen LogP contribution >= 0.6 is 0 Å². The minimum Gasteiger partial charge on any atom is -0.329 e. The summed E-state index contributed by atoms with van der Waals surface area (Å²) >= 11 is 0. The summed E-state index contributed by atoms with van der Waals surface area (Å²) in [7, 11) is -3.88. The van der Waals surface area contributed by atoms with Crippen LogP contribution in [0.1, 0.15) is 12.0 Å². The molecule has 2 aliphatic rings. The van der Waals surface area contributed by atoms with Crippen LogP contribution in [-0.2, 0) is 21.0 Å². The van der Waals surface area contributed by atoms with Crippen molar-refractivity contribution in [3.05, 3.63) is 54.1 Å². The van der Waals surface area contributed by atoms with Crippen molar-refractivity contribution in [2.24, 2.45) is 0 Å². The largest absolute Gasteiger partial charge is 0.416 e. The highest BCUT2D eigenvalue weighted by atomic mass is 32.2. The lowest BCUT2D eigenvalue weighted by Gasteiger charge is -2.21. The number of nitrogens with one attached hydrogen (secondary N) is 1. The quantitative estimate of drug-likeness (QED) is 0.722. The number of carbonyl (C=O) groups excluding carboxylic acids is 2. The number of rotatable bonds is 4. The SMILES string of the molecule is O=C1CNC(=O)N1C1CCN(S(=O)(=O)c2ccc(-c3cccc(C(F)(F)F)c3)cc2)C1. The van der Waals surface area contributed by atoms with Crippen LogP contribution in [0.15, 0.2) is 53.4 Å². The number of imide groups is 1. The molecule has 2 aliphatic heterocycles. The van der Waals surface area contributed by atoms with Crippen molar-refractivity contribution in [1.29, 1.82) is 0 Å². The lowest BCUT2D eigenvalue weighted by Crippen LogP contribution is -2.42. The van der Waals surface area contributed by atoms with E-state index in [9.17, 15) is 31.2 Å². The highest BCUT2D eigenvalue weighted by molar-refractivity contribution is 7.89. The zero-order valence-electron chi connectivity index (χ0n) is 16.1. The summed E-state index contributed by atoms with van der Waals surface area (Å²) in [4.78, 5) is 24.7. The monoisotopic (exact) mass is 453 g/mol. The van der Waals surface area contributed by atoms with Crippen molar-refractivity contribution in [3.63, 3.8) is 0 Å². The van der Waals surface area contributed by atoms with Crippen LogP contribution in [0.25, 0.3) is 11.1 Å². The van der Waals surface area contributed by atoms with Gasteiger partial charge in [-0.15, -0.1) is 0 Å². The second kappa shape index (κ2) is 7.65. The Bertz CT molecular complexity index is 1120. The molecule has 7 nitrogen and oxygen atoms in total. The number of alkyl halides is 3. The third-order valence-electron chi connectivity index (χ3n) is 5.38. The maximum atomic E-state index is 13.0. The van der Waals surface area contributed by atoms with Crippen molar-refractivity contribution in [3.8, 4) is 11.1 Å². The first kappa shape index (κ1) is 21.3. The van der Waals surface area contributed by atoms with Gasteiger partial charge < -0.3 is 5.32 Å². The van der Waals surface area contributed by atoms with Gasteiger partial charge in [0.15, 0.2) is 0 Å². The zero-order valence-corrected chi connectivity index (χ0v) is 16.9. The molecule has 2 fully saturated rings. The Labute approximate surface area is 176 Å². The summed E-state index contributed by atoms with van der Waals surface area (Å²) in [5.41, 5.74) is -0.0208. The highest BCUT2D eigenvalue weighted by Crippen LogP contribution is 2.33. The Kier molecular flexibility index (Phi) is 5.26. The fourth-order valence-corrected chi connectivity index (χ4v) is 5.28. The molecular weight excluding hydrogens is 435 g/mol. The van der Waals surface area contributed by atoms with E-state index in [1.807, 2.05) is 0 Å². The van der Waals surface area contributed by atoms with Crippen LogP contribution in [0.2, 0.25) is 0 Å². The molecule has 0 radical (unpaired) electrons. The maximum absolute atomic E-state index is 13.0. The Hall–Kier alpha value is -2.92. The fourth-order valence-electron chi connectivity index (χ4n) is 3.79. The first-order valence-corrected chi connectivity index (χ1v) is 10.9. The number of sulfonamides is 1. The summed E-state index contributed by atoms with van der Waals surface area (Å²) in [6.07, 6.45) is -4.14. The Morgan fingerprint density at radius 3 is 2.32 bits per heavy atom. The number of hydrogen-bond acceptors (Lipinski definition) is 4. The minimum atomic E-state index is -4.47. The Balaban J connectivity index is 1.53. The van der Waals surface area contributed by atoms with Gasteiger partial charge in [-0.3, -0.25) is 9.69 Å². The first-order chi connectivity index (χ1) is 14.6. The standard InChI is InChI=1S/C20H18F3N3O4S/c21-20(22,23)15-3-1-2-14(10-15)13-4-6-17(7-5-13)31(29,30)25-9-8-16(12-25)26-18(27)11-24-19(26)28/h1-7,10,16H,8-9,11-12H2,(H,24,28). The number of carbonyl (C=O) groups is 2. The van der Waals surface area contributed by atoms with Crippen molar-refractivity contribution in [2.75, 3.05) is 19.6 Å². The van der Waals surface area contributed by atoms with E-state index in [4.69, 9.17) is 0 Å². The summed E-state index contributed by atoms with van der Waals surface area (Å²) in [5, 5.41) is 2.42. The third kappa shape index (κ3) is 4.02. The molecule has 11 heteroatoms. The smallest absolute Gasteiger partial charge is 0.329 e. The van der Waals surface area contributed by atoms with Gasteiger partial charge in [-0.2, -0.15) is 17.5 Å². The van der Waals surface area contributed by atoms with Crippen LogP contribution in [0.5, 0.6) is 0 Å². The van der Waals surface area contributed by atoms with Gasteiger partial charge in [0, 0.05) is 13.1 Å². The van der Waals surface area contributed by atoms with E-state index in [1.165, 1.54) is 40.7 Å². The number of urea groups is 1. The van der Waals surface area contributed by atoms with E-state index in [-0.39, 0.29) is 30.4 Å². The summed E-state index contributed by atoms with van der Waals surface area (Å²) in [6, 6.07) is 9.31. The van der Waals surface area contributed by atoms with Gasteiger partial charge in [0.25, 0.3) is 0 Å². The van der Waals surface area contributed by atoms with Crippen LogP contribution in [0, 0.1) is 0 Å². The molecule has 31 heavy (non-hydrogen) atoms. The van der Waals surface area contributed by atoms with Crippen molar-refractivity contribution >= 4 is 22.0 Å². The molecular formula is C20H18F3N3O4S. The molecule has 2 heterocycles. The maximum Gasteiger partial charge on any atom is 0.416 e. The fraction of sp³-hybridized carbons (Fsp3) is 0.300. The molecule has 1 atom stereocenters. The van der Waals surface area contributed by atoms with Gasteiger partial charge in [0.2, 0.25) is 15.9 Å². The number of amides is 3. The lowest BCUT2D eigenvalue weighted by molar-refractivity contribution is -0.137. The van der Waals surface area contributed by atoms with E-state index in [1.54, 1.807) is 0 Å². The number of halogens is 3. The average Bonchev–Trinajstić information content (AvgIpc) is 3.34. The molecule has 1 unspecified atom stereocenters. The molecule has 0 aromatic heterocycles. The molecule has 4 rings (SSSR count). The number of nitrogens with zero attached hydrogens (tertiary/aromatic N) is 2. The molecule has 0 spiro atoms. The lowest BCUT2D eigenvalue weighted by atomic mass is 10.0. The second-order valence-electron chi connectivity index (χ2n) is 7.33. The second-order valence-corrected chi connectivity index (χ2v) is 9.27. The summed E-state index contributed by atoms with van der Waals surface area (Å²) in [6.45, 7) is 0.0510. The van der Waals surface area contributed by atoms with E-state index < -0.39 is 33.8 Å². The van der Waals surface area contributed by atoms with Gasteiger partial charge in [-0.1, -0.05) is 24.3 Å². The van der Waals surface area contributed by atoms with Gasteiger partial charge in [0.1, 0.15) is 0 Å². The molecule has 0 saturated carbocycles. The molecule has 0 bridgehead atoms. The number of benzene rings is 2. The van der Waals surface area contributed by atoms with Crippen LogP contribution in [-0.4, -0.2) is 55.2 Å². The summed E-state index contributed by atoms with van der Waals surface area (Å²) in [5.74, 6) is -0.389. The molecule has 1 N–H and O–H groups in total. The predicted octanol–water partition coefficient (Wildman–Crippen LogP) is 2.69. The molecule has 3 amide bonds. The van der Waals surface area contributed by atoms with Crippen molar-refractivity contribution < 1.29 is 31.2 Å². The minimum absolute atomic E-state index is 0.00310. The summed E-state index contributed by atoms with van der Waals surface area (Å²) < 4.78 is 65.9.